The van der Waals surface area contributed by atoms with Gasteiger partial charge in [-0.15, -0.1) is 0 Å². The van der Waals surface area contributed by atoms with E-state index in [9.17, 15) is 10.1 Å². The lowest BCUT2D eigenvalue weighted by Gasteiger charge is -2.12. The maximum Gasteiger partial charge on any atom is 0.271 e. The minimum Gasteiger partial charge on any atom is -0.305 e. The Labute approximate surface area is 93.6 Å². The van der Waals surface area contributed by atoms with Crippen molar-refractivity contribution in [2.45, 2.75) is 13.5 Å². The quantitative estimate of drug-likeness (QED) is 0.590. The van der Waals surface area contributed by atoms with Crippen LogP contribution in [0.3, 0.4) is 0 Å². The van der Waals surface area contributed by atoms with Gasteiger partial charge in [-0.2, -0.15) is 0 Å². The van der Waals surface area contributed by atoms with E-state index in [-0.39, 0.29) is 5.69 Å². The third kappa shape index (κ3) is 2.91. The summed E-state index contributed by atoms with van der Waals surface area (Å²) in [5.74, 6) is 0. The molecule has 4 nitrogen and oxygen atoms in total. The molecule has 1 aromatic rings. The number of hydrogen-bond donors (Lipinski definition) is 0. The summed E-state index contributed by atoms with van der Waals surface area (Å²) in [7, 11) is 3.82. The molecule has 0 fully saturated rings. The van der Waals surface area contributed by atoms with Crippen molar-refractivity contribution in [3.8, 4) is 0 Å². The highest BCUT2D eigenvalue weighted by atomic mass is 35.5. The van der Waals surface area contributed by atoms with E-state index >= 15 is 0 Å². The third-order valence-corrected chi connectivity index (χ3v) is 2.53. The van der Waals surface area contributed by atoms with Gasteiger partial charge in [0.05, 0.1) is 9.95 Å². The van der Waals surface area contributed by atoms with Crippen molar-refractivity contribution in [3.63, 3.8) is 0 Å². The van der Waals surface area contributed by atoms with Gasteiger partial charge in [-0.05, 0) is 32.1 Å². The maximum absolute atomic E-state index is 10.6. The van der Waals surface area contributed by atoms with Crippen LogP contribution >= 0.6 is 11.6 Å². The van der Waals surface area contributed by atoms with E-state index in [1.165, 1.54) is 6.07 Å². The number of benzene rings is 1. The van der Waals surface area contributed by atoms with E-state index < -0.39 is 4.92 Å². The smallest absolute Gasteiger partial charge is 0.271 e. The van der Waals surface area contributed by atoms with Gasteiger partial charge in [0, 0.05) is 18.7 Å². The predicted molar refractivity (Wildman–Crippen MR) is 60.2 cm³/mol. The molecule has 0 aromatic heterocycles. The molecule has 0 saturated heterocycles. The fraction of sp³-hybridized carbons (Fsp3) is 0.400. The van der Waals surface area contributed by atoms with Crippen LogP contribution in [0.5, 0.6) is 0 Å². The molecule has 82 valence electrons. The molecule has 0 spiro atoms. The first kappa shape index (κ1) is 11.9. The predicted octanol–water partition coefficient (Wildman–Crippen LogP) is 2.62. The molecule has 0 saturated carbocycles. The largest absolute Gasteiger partial charge is 0.305 e. The second kappa shape index (κ2) is 4.59. The zero-order chi connectivity index (χ0) is 11.6. The molecule has 0 atom stereocenters. The minimum atomic E-state index is -0.426. The van der Waals surface area contributed by atoms with E-state index in [1.807, 2.05) is 25.9 Å². The van der Waals surface area contributed by atoms with E-state index in [0.717, 1.165) is 11.1 Å². The molecule has 0 heterocycles. The molecular weight excluding hydrogens is 216 g/mol. The highest BCUT2D eigenvalue weighted by molar-refractivity contribution is 6.31. The molecule has 0 aliphatic carbocycles. The first-order valence-corrected chi connectivity index (χ1v) is 4.87. The Kier molecular flexibility index (Phi) is 3.66. The van der Waals surface area contributed by atoms with E-state index in [4.69, 9.17) is 11.6 Å². The Bertz CT molecular complexity index is 391. The first-order valence-electron chi connectivity index (χ1n) is 4.50. The molecule has 0 aliphatic heterocycles. The standard InChI is InChI=1S/C10H13ClN2O2/c1-7-8(6-12(2)3)4-9(13(14)15)5-10(7)11/h4-5H,6H2,1-3H3. The first-order chi connectivity index (χ1) is 6.91. The van der Waals surface area contributed by atoms with Gasteiger partial charge in [0.2, 0.25) is 0 Å². The van der Waals surface area contributed by atoms with Gasteiger partial charge in [-0.1, -0.05) is 11.6 Å². The van der Waals surface area contributed by atoms with Gasteiger partial charge in [-0.25, -0.2) is 0 Å². The zero-order valence-electron chi connectivity index (χ0n) is 8.95. The summed E-state index contributed by atoms with van der Waals surface area (Å²) in [6.07, 6.45) is 0. The van der Waals surface area contributed by atoms with Crippen molar-refractivity contribution >= 4 is 17.3 Å². The van der Waals surface area contributed by atoms with Gasteiger partial charge in [0.15, 0.2) is 0 Å². The van der Waals surface area contributed by atoms with Crippen molar-refractivity contribution in [2.24, 2.45) is 0 Å². The van der Waals surface area contributed by atoms with Crippen LogP contribution < -0.4 is 0 Å². The Balaban J connectivity index is 3.19. The van der Waals surface area contributed by atoms with Crippen molar-refractivity contribution in [1.82, 2.24) is 4.90 Å². The third-order valence-electron chi connectivity index (χ3n) is 2.13. The minimum absolute atomic E-state index is 0.0439. The molecule has 0 N–H and O–H groups in total. The summed E-state index contributed by atoms with van der Waals surface area (Å²) in [4.78, 5) is 12.2. The molecule has 0 unspecified atom stereocenters. The lowest BCUT2D eigenvalue weighted by Crippen LogP contribution is -2.12. The summed E-state index contributed by atoms with van der Waals surface area (Å²) >= 11 is 5.92. The number of nitro groups is 1. The van der Waals surface area contributed by atoms with Crippen LogP contribution in [0.1, 0.15) is 11.1 Å². The lowest BCUT2D eigenvalue weighted by atomic mass is 10.1. The van der Waals surface area contributed by atoms with Crippen LogP contribution in [0.2, 0.25) is 5.02 Å². The van der Waals surface area contributed by atoms with Gasteiger partial charge in [-0.3, -0.25) is 10.1 Å². The van der Waals surface area contributed by atoms with Crippen LogP contribution in [0.4, 0.5) is 5.69 Å². The van der Waals surface area contributed by atoms with E-state index in [1.54, 1.807) is 6.07 Å². The highest BCUT2D eigenvalue weighted by Crippen LogP contribution is 2.26. The second-order valence-corrected chi connectivity index (χ2v) is 4.11. The molecule has 1 aromatic carbocycles. The molecule has 1 rings (SSSR count). The summed E-state index contributed by atoms with van der Waals surface area (Å²) in [5.41, 5.74) is 1.83. The molecule has 0 amide bonds. The fourth-order valence-corrected chi connectivity index (χ4v) is 1.56. The summed E-state index contributed by atoms with van der Waals surface area (Å²) in [6, 6.07) is 2.96. The Morgan fingerprint density at radius 1 is 1.47 bits per heavy atom. The lowest BCUT2D eigenvalue weighted by molar-refractivity contribution is -0.384. The van der Waals surface area contributed by atoms with Gasteiger partial charge >= 0.3 is 0 Å². The topological polar surface area (TPSA) is 46.4 Å². The van der Waals surface area contributed by atoms with Crippen molar-refractivity contribution in [1.29, 1.82) is 0 Å². The van der Waals surface area contributed by atoms with Gasteiger partial charge in [0.1, 0.15) is 0 Å². The van der Waals surface area contributed by atoms with Crippen molar-refractivity contribution in [2.75, 3.05) is 14.1 Å². The Morgan fingerprint density at radius 2 is 2.07 bits per heavy atom. The van der Waals surface area contributed by atoms with Crippen molar-refractivity contribution in [3.05, 3.63) is 38.4 Å². The summed E-state index contributed by atoms with van der Waals surface area (Å²) < 4.78 is 0. The summed E-state index contributed by atoms with van der Waals surface area (Å²) in [6.45, 7) is 2.51. The number of hydrogen-bond acceptors (Lipinski definition) is 3. The second-order valence-electron chi connectivity index (χ2n) is 3.71. The number of nitrogens with zero attached hydrogens (tertiary/aromatic N) is 2. The number of nitro benzene ring substituents is 1. The van der Waals surface area contributed by atoms with Gasteiger partial charge in [0.25, 0.3) is 5.69 Å². The molecule has 0 bridgehead atoms. The molecular formula is C10H13ClN2O2. The van der Waals surface area contributed by atoms with Crippen LogP contribution in [-0.2, 0) is 6.54 Å². The molecule has 0 aliphatic rings. The monoisotopic (exact) mass is 228 g/mol. The van der Waals surface area contributed by atoms with E-state index in [0.29, 0.717) is 11.6 Å². The normalized spacial score (nSPS) is 10.7. The van der Waals surface area contributed by atoms with Crippen molar-refractivity contribution < 1.29 is 4.92 Å². The van der Waals surface area contributed by atoms with Gasteiger partial charge < -0.3 is 4.90 Å². The Morgan fingerprint density at radius 3 is 2.53 bits per heavy atom. The fourth-order valence-electron chi connectivity index (χ4n) is 1.33. The highest BCUT2D eigenvalue weighted by Gasteiger charge is 2.13. The average molecular weight is 229 g/mol. The van der Waals surface area contributed by atoms with E-state index in [2.05, 4.69) is 0 Å². The number of non-ortho nitro benzene ring substituents is 1. The van der Waals surface area contributed by atoms with Crippen LogP contribution in [-0.4, -0.2) is 23.9 Å². The molecule has 5 heteroatoms. The zero-order valence-corrected chi connectivity index (χ0v) is 9.71. The SMILES string of the molecule is Cc1c(Cl)cc([N+](=O)[O-])cc1CN(C)C. The van der Waals surface area contributed by atoms with Crippen LogP contribution in [0.25, 0.3) is 0 Å². The maximum atomic E-state index is 10.6. The number of halogens is 1. The average Bonchev–Trinajstić information content (AvgIpc) is 2.11. The molecule has 0 radical (unpaired) electrons. The number of rotatable bonds is 3. The van der Waals surface area contributed by atoms with Crippen LogP contribution in [0.15, 0.2) is 12.1 Å². The molecule has 15 heavy (non-hydrogen) atoms. The van der Waals surface area contributed by atoms with Crippen LogP contribution in [0, 0.1) is 17.0 Å². The summed E-state index contributed by atoms with van der Waals surface area (Å²) in [5, 5.41) is 11.1. The Hall–Kier alpha value is -1.13.